The molecule has 0 amide bonds. The third kappa shape index (κ3) is 6.25. The maximum atomic E-state index is 13.8. The molecule has 8 nitrogen and oxygen atoms in total. The van der Waals surface area contributed by atoms with E-state index in [2.05, 4.69) is 4.99 Å². The second-order valence-corrected chi connectivity index (χ2v) is 10.2. The van der Waals surface area contributed by atoms with Crippen LogP contribution in [0, 0.1) is 0 Å². The average molecular weight is 571 g/mol. The molecule has 1 aromatic heterocycles. The van der Waals surface area contributed by atoms with Crippen molar-refractivity contribution in [1.29, 1.82) is 0 Å². The lowest BCUT2D eigenvalue weighted by Gasteiger charge is -2.24. The molecule has 0 spiro atoms. The summed E-state index contributed by atoms with van der Waals surface area (Å²) in [5, 5.41) is 0. The van der Waals surface area contributed by atoms with Crippen molar-refractivity contribution in [2.24, 2.45) is 4.99 Å². The first-order chi connectivity index (χ1) is 20.0. The van der Waals surface area contributed by atoms with Gasteiger partial charge in [0.15, 0.2) is 4.80 Å². The number of para-hydroxylation sites is 1. The number of hydrogen-bond donors (Lipinski definition) is 0. The molecular weight excluding hydrogens is 540 g/mol. The smallest absolute Gasteiger partial charge is 0.338 e. The molecule has 0 saturated carbocycles. The Labute approximate surface area is 241 Å². The first-order valence-electron chi connectivity index (χ1n) is 13.2. The van der Waals surface area contributed by atoms with Gasteiger partial charge in [-0.1, -0.05) is 53.8 Å². The molecule has 3 aromatic carbocycles. The summed E-state index contributed by atoms with van der Waals surface area (Å²) in [6, 6.07) is 23.7. The molecule has 0 fully saturated rings. The van der Waals surface area contributed by atoms with Crippen LogP contribution in [-0.2, 0) is 9.53 Å². The summed E-state index contributed by atoms with van der Waals surface area (Å²) >= 11 is 1.28. The Morgan fingerprint density at radius 3 is 2.37 bits per heavy atom. The van der Waals surface area contributed by atoms with Gasteiger partial charge in [-0.3, -0.25) is 9.36 Å². The molecule has 0 bridgehead atoms. The van der Waals surface area contributed by atoms with Crippen molar-refractivity contribution in [3.8, 4) is 17.2 Å². The normalized spacial score (nSPS) is 14.7. The summed E-state index contributed by atoms with van der Waals surface area (Å²) < 4.78 is 24.3. The number of aromatic nitrogens is 1. The zero-order valence-electron chi connectivity index (χ0n) is 23.0. The van der Waals surface area contributed by atoms with Crippen molar-refractivity contribution in [2.75, 3.05) is 26.9 Å². The summed E-state index contributed by atoms with van der Waals surface area (Å²) in [5.41, 5.74) is 2.17. The molecule has 41 heavy (non-hydrogen) atoms. The summed E-state index contributed by atoms with van der Waals surface area (Å²) in [6.07, 6.45) is 1.81. The number of nitrogens with zero attached hydrogens (tertiary/aromatic N) is 2. The highest BCUT2D eigenvalue weighted by molar-refractivity contribution is 7.07. The van der Waals surface area contributed by atoms with Gasteiger partial charge in [0.25, 0.3) is 5.56 Å². The van der Waals surface area contributed by atoms with Gasteiger partial charge < -0.3 is 18.9 Å². The molecule has 5 rings (SSSR count). The van der Waals surface area contributed by atoms with E-state index in [9.17, 15) is 9.59 Å². The molecule has 1 aliphatic heterocycles. The van der Waals surface area contributed by atoms with E-state index in [4.69, 9.17) is 18.9 Å². The van der Waals surface area contributed by atoms with E-state index in [-0.39, 0.29) is 12.2 Å². The molecular formula is C32H30N2O6S. The van der Waals surface area contributed by atoms with E-state index in [1.165, 1.54) is 11.3 Å². The van der Waals surface area contributed by atoms with E-state index in [0.29, 0.717) is 45.3 Å². The number of carbonyl (C=O) groups excluding carboxylic acids is 1. The van der Waals surface area contributed by atoms with Gasteiger partial charge in [0, 0.05) is 0 Å². The summed E-state index contributed by atoms with van der Waals surface area (Å²) in [6.45, 7) is 4.51. The van der Waals surface area contributed by atoms with Crippen molar-refractivity contribution in [3.05, 3.63) is 121 Å². The number of allylic oxidation sites excluding steroid dienone is 1. The van der Waals surface area contributed by atoms with Crippen LogP contribution in [0.25, 0.3) is 6.08 Å². The SMILES string of the molecule is CCOC(=O)C1=C(C)N=c2s/c(=C\c3cccc(OCCOc4ccccc4)c3)c(=O)n2[C@H]1c1ccc(OC)cc1. The molecule has 0 aliphatic carbocycles. The number of esters is 1. The Kier molecular flexibility index (Phi) is 8.64. The average Bonchev–Trinajstić information content (AvgIpc) is 3.29. The zero-order chi connectivity index (χ0) is 28.8. The number of benzene rings is 3. The van der Waals surface area contributed by atoms with Crippen LogP contribution in [0.3, 0.4) is 0 Å². The van der Waals surface area contributed by atoms with Crippen molar-refractivity contribution in [1.82, 2.24) is 4.57 Å². The quantitative estimate of drug-likeness (QED) is 0.209. The van der Waals surface area contributed by atoms with Crippen molar-refractivity contribution in [2.45, 2.75) is 19.9 Å². The van der Waals surface area contributed by atoms with Crippen LogP contribution in [0.15, 0.2) is 99.9 Å². The van der Waals surface area contributed by atoms with E-state index < -0.39 is 12.0 Å². The number of hydrogen-bond acceptors (Lipinski definition) is 8. The van der Waals surface area contributed by atoms with Gasteiger partial charge in [0.1, 0.15) is 30.5 Å². The van der Waals surface area contributed by atoms with Crippen LogP contribution in [0.4, 0.5) is 0 Å². The van der Waals surface area contributed by atoms with Gasteiger partial charge in [-0.05, 0) is 67.4 Å². The van der Waals surface area contributed by atoms with Crippen molar-refractivity contribution < 1.29 is 23.7 Å². The Hall–Kier alpha value is -4.63. The molecule has 4 aromatic rings. The minimum atomic E-state index is -0.683. The Bertz CT molecular complexity index is 1740. The number of fused-ring (bicyclic) bond motifs is 1. The standard InChI is InChI=1S/C32H30N2O6S/c1-4-38-31(36)28-21(2)33-32-34(29(28)23-13-15-24(37-3)16-14-23)30(35)27(41-32)20-22-9-8-12-26(19-22)40-18-17-39-25-10-6-5-7-11-25/h5-16,19-20,29H,4,17-18H2,1-3H3/b27-20-/t29-/m0/s1. The largest absolute Gasteiger partial charge is 0.497 e. The van der Waals surface area contributed by atoms with E-state index in [0.717, 1.165) is 16.9 Å². The van der Waals surface area contributed by atoms with Gasteiger partial charge in [0.2, 0.25) is 0 Å². The lowest BCUT2D eigenvalue weighted by Crippen LogP contribution is -2.39. The van der Waals surface area contributed by atoms with Crippen LogP contribution >= 0.6 is 11.3 Å². The lowest BCUT2D eigenvalue weighted by atomic mass is 9.96. The highest BCUT2D eigenvalue weighted by Gasteiger charge is 2.33. The van der Waals surface area contributed by atoms with Crippen molar-refractivity contribution in [3.63, 3.8) is 0 Å². The summed E-state index contributed by atoms with van der Waals surface area (Å²) in [5.74, 6) is 1.63. The van der Waals surface area contributed by atoms with Crippen LogP contribution < -0.4 is 29.1 Å². The fourth-order valence-electron chi connectivity index (χ4n) is 4.57. The van der Waals surface area contributed by atoms with E-state index >= 15 is 0 Å². The van der Waals surface area contributed by atoms with Crippen LogP contribution in [0.2, 0.25) is 0 Å². The highest BCUT2D eigenvalue weighted by Crippen LogP contribution is 2.31. The van der Waals surface area contributed by atoms with Gasteiger partial charge in [-0.2, -0.15) is 0 Å². The zero-order valence-corrected chi connectivity index (χ0v) is 23.9. The monoisotopic (exact) mass is 570 g/mol. The highest BCUT2D eigenvalue weighted by atomic mass is 32.1. The molecule has 1 aliphatic rings. The molecule has 0 radical (unpaired) electrons. The molecule has 210 valence electrons. The summed E-state index contributed by atoms with van der Waals surface area (Å²) in [4.78, 5) is 32.0. The van der Waals surface area contributed by atoms with Crippen LogP contribution in [0.5, 0.6) is 17.2 Å². The van der Waals surface area contributed by atoms with E-state index in [1.807, 2.05) is 72.8 Å². The Morgan fingerprint density at radius 1 is 0.951 bits per heavy atom. The second-order valence-electron chi connectivity index (χ2n) is 9.16. The van der Waals surface area contributed by atoms with Gasteiger partial charge >= 0.3 is 5.97 Å². The summed E-state index contributed by atoms with van der Waals surface area (Å²) in [7, 11) is 1.59. The fraction of sp³-hybridized carbons (Fsp3) is 0.219. The molecule has 0 saturated heterocycles. The third-order valence-corrected chi connectivity index (χ3v) is 7.45. The minimum Gasteiger partial charge on any atom is -0.497 e. The molecule has 0 N–H and O–H groups in total. The van der Waals surface area contributed by atoms with Crippen molar-refractivity contribution >= 4 is 23.4 Å². The van der Waals surface area contributed by atoms with Crippen LogP contribution in [0.1, 0.15) is 31.0 Å². The number of thiazole rings is 1. The van der Waals surface area contributed by atoms with Gasteiger partial charge in [-0.15, -0.1) is 0 Å². The number of rotatable bonds is 10. The van der Waals surface area contributed by atoms with Gasteiger partial charge in [-0.25, -0.2) is 9.79 Å². The minimum absolute atomic E-state index is 0.214. The second kappa shape index (κ2) is 12.7. The van der Waals surface area contributed by atoms with E-state index in [1.54, 1.807) is 37.7 Å². The molecule has 2 heterocycles. The Morgan fingerprint density at radius 2 is 1.66 bits per heavy atom. The maximum absolute atomic E-state index is 13.8. The predicted molar refractivity (Wildman–Crippen MR) is 157 cm³/mol. The molecule has 0 unspecified atom stereocenters. The topological polar surface area (TPSA) is 88.4 Å². The fourth-order valence-corrected chi connectivity index (χ4v) is 5.62. The first-order valence-corrected chi connectivity index (χ1v) is 14.0. The maximum Gasteiger partial charge on any atom is 0.338 e. The third-order valence-electron chi connectivity index (χ3n) is 6.47. The van der Waals surface area contributed by atoms with Gasteiger partial charge in [0.05, 0.1) is 35.6 Å². The molecule has 9 heteroatoms. The van der Waals surface area contributed by atoms with Crippen LogP contribution in [-0.4, -0.2) is 37.5 Å². The number of methoxy groups -OCH3 is 1. The molecule has 1 atom stereocenters. The number of carbonyl (C=O) groups is 1. The Balaban J connectivity index is 1.45. The first kappa shape index (κ1) is 27.9. The lowest BCUT2D eigenvalue weighted by molar-refractivity contribution is -0.139. The predicted octanol–water partition coefficient (Wildman–Crippen LogP) is 4.26. The number of ether oxygens (including phenoxy) is 4.